The molecule has 0 aromatic carbocycles. The highest BCUT2D eigenvalue weighted by molar-refractivity contribution is 7.90. The van der Waals surface area contributed by atoms with Gasteiger partial charge in [-0.15, -0.1) is 0 Å². The molecule has 0 amide bonds. The molecule has 0 saturated heterocycles. The maximum absolute atomic E-state index is 10.6. The first-order valence-corrected chi connectivity index (χ1v) is 4.16. The molecule has 0 unspecified atom stereocenters. The van der Waals surface area contributed by atoms with Crippen LogP contribution in [0.1, 0.15) is 0 Å². The highest BCUT2D eigenvalue weighted by Crippen LogP contribution is 2.06. The van der Waals surface area contributed by atoms with E-state index in [0.29, 0.717) is 0 Å². The summed E-state index contributed by atoms with van der Waals surface area (Å²) in [7, 11) is -3.16. The lowest BCUT2D eigenvalue weighted by Gasteiger charge is -1.85. The van der Waals surface area contributed by atoms with E-state index >= 15 is 0 Å². The first-order chi connectivity index (χ1) is 4.11. The summed E-state index contributed by atoms with van der Waals surface area (Å²) in [5.41, 5.74) is 0. The molecular weight excluding hydrogens is 140 g/mol. The van der Waals surface area contributed by atoms with Crippen LogP contribution in [0.5, 0.6) is 0 Å². The molecule has 1 aromatic rings. The molecule has 3 nitrogen and oxygen atoms in total. The predicted octanol–water partition coefficient (Wildman–Crippen LogP) is 0.483. The number of hydrogen-bond acceptors (Lipinski definition) is 3. The maximum atomic E-state index is 10.6. The molecule has 1 rings (SSSR count). The van der Waals surface area contributed by atoms with Crippen molar-refractivity contribution in [1.29, 1.82) is 0 Å². The predicted molar refractivity (Wildman–Crippen MR) is 30.7 cm³/mol. The molecule has 0 fully saturated rings. The molecule has 0 atom stereocenters. The molecule has 0 bridgehead atoms. The molecule has 1 radical (unpaired) electrons. The van der Waals surface area contributed by atoms with Crippen LogP contribution in [0.25, 0.3) is 0 Å². The number of furan rings is 1. The minimum atomic E-state index is -3.16. The second kappa shape index (κ2) is 1.88. The van der Waals surface area contributed by atoms with E-state index in [9.17, 15) is 8.42 Å². The molecular formula is C5H5O3S. The molecule has 1 aromatic heterocycles. The third kappa shape index (κ3) is 1.32. The molecule has 1 heterocycles. The third-order valence-electron chi connectivity index (χ3n) is 0.812. The van der Waals surface area contributed by atoms with Gasteiger partial charge >= 0.3 is 0 Å². The fraction of sp³-hybridized carbons (Fsp3) is 0.200. The number of sulfone groups is 1. The van der Waals surface area contributed by atoms with Crippen LogP contribution in [0, 0.1) is 6.26 Å². The standard InChI is InChI=1S/C5H5O3S/c1-9(6,7)5-3-2-4-8-5/h2-3H,1H3. The van der Waals surface area contributed by atoms with Crippen LogP contribution in [0.2, 0.25) is 0 Å². The molecule has 0 aliphatic heterocycles. The highest BCUT2D eigenvalue weighted by atomic mass is 32.2. The Hall–Kier alpha value is -0.770. The molecule has 0 N–H and O–H groups in total. The van der Waals surface area contributed by atoms with Gasteiger partial charge in [-0.25, -0.2) is 8.42 Å². The van der Waals surface area contributed by atoms with Gasteiger partial charge in [-0.05, 0) is 12.1 Å². The zero-order valence-electron chi connectivity index (χ0n) is 4.79. The average Bonchev–Trinajstić information content (AvgIpc) is 2.08. The fourth-order valence-electron chi connectivity index (χ4n) is 0.427. The molecule has 0 aliphatic carbocycles. The Bertz CT molecular complexity index is 269. The topological polar surface area (TPSA) is 47.3 Å². The first-order valence-electron chi connectivity index (χ1n) is 2.26. The van der Waals surface area contributed by atoms with Crippen LogP contribution in [0.4, 0.5) is 0 Å². The van der Waals surface area contributed by atoms with Gasteiger partial charge in [0.05, 0.1) is 0 Å². The minimum Gasteiger partial charge on any atom is -0.441 e. The smallest absolute Gasteiger partial charge is 0.218 e. The average molecular weight is 145 g/mol. The van der Waals surface area contributed by atoms with Gasteiger partial charge in [0.15, 0.2) is 6.26 Å². The fourth-order valence-corrected chi connectivity index (χ4v) is 0.942. The van der Waals surface area contributed by atoms with E-state index in [1.54, 1.807) is 0 Å². The van der Waals surface area contributed by atoms with Crippen LogP contribution in [-0.2, 0) is 9.84 Å². The van der Waals surface area contributed by atoms with Crippen molar-refractivity contribution in [2.45, 2.75) is 5.09 Å². The third-order valence-corrected chi connectivity index (χ3v) is 1.76. The van der Waals surface area contributed by atoms with Crippen molar-refractivity contribution in [3.05, 3.63) is 18.4 Å². The Kier molecular flexibility index (Phi) is 1.32. The largest absolute Gasteiger partial charge is 0.441 e. The van der Waals surface area contributed by atoms with Gasteiger partial charge in [-0.3, -0.25) is 0 Å². The van der Waals surface area contributed by atoms with Crippen molar-refractivity contribution >= 4 is 9.84 Å². The molecule has 4 heteroatoms. The monoisotopic (exact) mass is 145 g/mol. The highest BCUT2D eigenvalue weighted by Gasteiger charge is 2.08. The van der Waals surface area contributed by atoms with Gasteiger partial charge < -0.3 is 4.42 Å². The summed E-state index contributed by atoms with van der Waals surface area (Å²) in [6.07, 6.45) is 3.37. The maximum Gasteiger partial charge on any atom is 0.218 e. The Morgan fingerprint density at radius 2 is 2.33 bits per heavy atom. The minimum absolute atomic E-state index is 0.0394. The summed E-state index contributed by atoms with van der Waals surface area (Å²) in [5.74, 6) is 0. The molecule has 49 valence electrons. The zero-order chi connectivity index (χ0) is 6.91. The SMILES string of the molecule is CS(=O)(=O)c1cc[c]o1. The number of hydrogen-bond donors (Lipinski definition) is 0. The summed E-state index contributed by atoms with van der Waals surface area (Å²) in [5, 5.41) is -0.0394. The quantitative estimate of drug-likeness (QED) is 0.577. The summed E-state index contributed by atoms with van der Waals surface area (Å²) >= 11 is 0. The van der Waals surface area contributed by atoms with Crippen LogP contribution >= 0.6 is 0 Å². The summed E-state index contributed by atoms with van der Waals surface area (Å²) in [4.78, 5) is 0. The Morgan fingerprint density at radius 3 is 2.56 bits per heavy atom. The molecule has 9 heavy (non-hydrogen) atoms. The first kappa shape index (κ1) is 6.35. The van der Waals surface area contributed by atoms with Gasteiger partial charge in [0, 0.05) is 6.26 Å². The van der Waals surface area contributed by atoms with Crippen LogP contribution in [0.15, 0.2) is 21.6 Å². The van der Waals surface area contributed by atoms with Crippen molar-refractivity contribution in [2.24, 2.45) is 0 Å². The van der Waals surface area contributed by atoms with Crippen LogP contribution in [-0.4, -0.2) is 14.7 Å². The Labute approximate surface area is 53.2 Å². The van der Waals surface area contributed by atoms with Gasteiger partial charge in [0.1, 0.15) is 0 Å². The van der Waals surface area contributed by atoms with Crippen molar-refractivity contribution in [1.82, 2.24) is 0 Å². The van der Waals surface area contributed by atoms with E-state index in [1.807, 2.05) is 0 Å². The van der Waals surface area contributed by atoms with E-state index in [1.165, 1.54) is 12.1 Å². The van der Waals surface area contributed by atoms with E-state index in [-0.39, 0.29) is 5.09 Å². The van der Waals surface area contributed by atoms with Gasteiger partial charge in [-0.1, -0.05) is 0 Å². The normalized spacial score (nSPS) is 11.7. The van der Waals surface area contributed by atoms with Crippen molar-refractivity contribution in [3.63, 3.8) is 0 Å². The van der Waals surface area contributed by atoms with Gasteiger partial charge in [0.2, 0.25) is 14.9 Å². The number of rotatable bonds is 1. The summed E-state index contributed by atoms with van der Waals surface area (Å²) in [6.45, 7) is 0. The second-order valence-electron chi connectivity index (χ2n) is 1.64. The Balaban J connectivity index is 3.20. The van der Waals surface area contributed by atoms with E-state index < -0.39 is 9.84 Å². The van der Waals surface area contributed by atoms with Gasteiger partial charge in [0.25, 0.3) is 0 Å². The lowest BCUT2D eigenvalue weighted by molar-refractivity contribution is 0.445. The van der Waals surface area contributed by atoms with Crippen molar-refractivity contribution in [2.75, 3.05) is 6.26 Å². The zero-order valence-corrected chi connectivity index (χ0v) is 5.60. The van der Waals surface area contributed by atoms with Crippen LogP contribution in [0.3, 0.4) is 0 Å². The molecule has 0 spiro atoms. The second-order valence-corrected chi connectivity index (χ2v) is 3.59. The summed E-state index contributed by atoms with van der Waals surface area (Å²) in [6, 6.07) is 2.77. The molecule has 0 saturated carbocycles. The van der Waals surface area contributed by atoms with E-state index in [0.717, 1.165) is 6.26 Å². The van der Waals surface area contributed by atoms with Crippen molar-refractivity contribution in [3.8, 4) is 0 Å². The Morgan fingerprint density at radius 1 is 1.67 bits per heavy atom. The van der Waals surface area contributed by atoms with Crippen LogP contribution < -0.4 is 0 Å². The molecule has 0 aliphatic rings. The summed E-state index contributed by atoms with van der Waals surface area (Å²) < 4.78 is 25.6. The van der Waals surface area contributed by atoms with E-state index in [4.69, 9.17) is 0 Å². The van der Waals surface area contributed by atoms with E-state index in [2.05, 4.69) is 10.7 Å². The van der Waals surface area contributed by atoms with Gasteiger partial charge in [-0.2, -0.15) is 0 Å². The van der Waals surface area contributed by atoms with Crippen molar-refractivity contribution < 1.29 is 12.8 Å². The lowest BCUT2D eigenvalue weighted by Crippen LogP contribution is -1.93. The lowest BCUT2D eigenvalue weighted by atomic mass is 10.7.